The van der Waals surface area contributed by atoms with Gasteiger partial charge in [-0.05, 0) is 19.3 Å². The van der Waals surface area contributed by atoms with Gasteiger partial charge >= 0.3 is 5.97 Å². The molecule has 0 amide bonds. The normalized spacial score (nSPS) is 15.3. The highest BCUT2D eigenvalue weighted by Gasteiger charge is 2.28. The molecule has 0 bridgehead atoms. The third-order valence-electron chi connectivity index (χ3n) is 2.69. The van der Waals surface area contributed by atoms with Crippen LogP contribution in [0.1, 0.15) is 26.7 Å². The largest absolute Gasteiger partial charge is 0.468 e. The second-order valence-corrected chi connectivity index (χ2v) is 5.93. The van der Waals surface area contributed by atoms with E-state index in [1.165, 1.54) is 6.92 Å². The lowest BCUT2D eigenvalue weighted by molar-refractivity contribution is -0.139. The van der Waals surface area contributed by atoms with Crippen molar-refractivity contribution in [1.82, 2.24) is 4.72 Å². The van der Waals surface area contributed by atoms with Gasteiger partial charge < -0.3 is 9.84 Å². The van der Waals surface area contributed by atoms with Gasteiger partial charge in [-0.1, -0.05) is 13.3 Å². The number of esters is 1. The fourth-order valence-electron chi connectivity index (χ4n) is 1.28. The third-order valence-corrected chi connectivity index (χ3v) is 4.38. The van der Waals surface area contributed by atoms with Crippen molar-refractivity contribution >= 4 is 16.0 Å². The molecule has 0 spiro atoms. The van der Waals surface area contributed by atoms with Gasteiger partial charge in [0.15, 0.2) is 5.25 Å². The molecule has 0 fully saturated rings. The van der Waals surface area contributed by atoms with Gasteiger partial charge in [-0.15, -0.1) is 0 Å². The van der Waals surface area contributed by atoms with Gasteiger partial charge in [0.05, 0.1) is 7.11 Å². The first kappa shape index (κ1) is 16.3. The van der Waals surface area contributed by atoms with Gasteiger partial charge in [-0.25, -0.2) is 13.1 Å². The van der Waals surface area contributed by atoms with E-state index in [1.807, 2.05) is 6.92 Å². The summed E-state index contributed by atoms with van der Waals surface area (Å²) in [6, 6.07) is 0. The summed E-state index contributed by atoms with van der Waals surface area (Å²) < 4.78 is 30.1. The van der Waals surface area contributed by atoms with E-state index in [-0.39, 0.29) is 19.1 Å². The van der Waals surface area contributed by atoms with Crippen LogP contribution < -0.4 is 4.72 Å². The Balaban J connectivity index is 4.40. The van der Waals surface area contributed by atoms with Gasteiger partial charge in [0.25, 0.3) is 0 Å². The Kier molecular flexibility index (Phi) is 7.33. The maximum atomic E-state index is 11.7. The van der Waals surface area contributed by atoms with Gasteiger partial charge in [0.1, 0.15) is 0 Å². The summed E-state index contributed by atoms with van der Waals surface area (Å²) in [4.78, 5) is 11.1. The van der Waals surface area contributed by atoms with E-state index in [9.17, 15) is 13.2 Å². The zero-order valence-corrected chi connectivity index (χ0v) is 11.3. The van der Waals surface area contributed by atoms with Crippen molar-refractivity contribution in [2.45, 2.75) is 31.9 Å². The van der Waals surface area contributed by atoms with Crippen molar-refractivity contribution in [2.75, 3.05) is 20.3 Å². The van der Waals surface area contributed by atoms with Crippen LogP contribution in [0, 0.1) is 5.92 Å². The number of hydrogen-bond donors (Lipinski definition) is 2. The summed E-state index contributed by atoms with van der Waals surface area (Å²) in [5.41, 5.74) is 0. The van der Waals surface area contributed by atoms with Crippen LogP contribution >= 0.6 is 0 Å². The highest BCUT2D eigenvalue weighted by atomic mass is 32.2. The van der Waals surface area contributed by atoms with Crippen LogP contribution in [0.4, 0.5) is 0 Å². The molecule has 0 aliphatic carbocycles. The molecule has 0 aromatic rings. The number of ether oxygens (including phenoxy) is 1. The van der Waals surface area contributed by atoms with E-state index >= 15 is 0 Å². The average molecular weight is 267 g/mol. The summed E-state index contributed by atoms with van der Waals surface area (Å²) in [6.45, 7) is 3.44. The van der Waals surface area contributed by atoms with Crippen molar-refractivity contribution in [3.05, 3.63) is 0 Å². The van der Waals surface area contributed by atoms with Crippen molar-refractivity contribution < 1.29 is 23.1 Å². The SMILES string of the molecule is CCC(CCO)CNS(=O)(=O)C(C)C(=O)OC. The molecule has 0 rings (SSSR count). The fourth-order valence-corrected chi connectivity index (χ4v) is 2.35. The van der Waals surface area contributed by atoms with Crippen molar-refractivity contribution in [1.29, 1.82) is 0 Å². The standard InChI is InChI=1S/C10H21NO5S/c1-4-9(5-6-12)7-11-17(14,15)8(2)10(13)16-3/h8-9,11-12H,4-7H2,1-3H3. The first-order valence-electron chi connectivity index (χ1n) is 5.56. The maximum Gasteiger partial charge on any atom is 0.325 e. The minimum atomic E-state index is -3.70. The molecule has 6 nitrogen and oxygen atoms in total. The van der Waals surface area contributed by atoms with Crippen LogP contribution in [0.5, 0.6) is 0 Å². The van der Waals surface area contributed by atoms with Crippen LogP contribution in [0.3, 0.4) is 0 Å². The molecule has 0 aliphatic heterocycles. The Labute approximate surface area is 102 Å². The lowest BCUT2D eigenvalue weighted by Gasteiger charge is -2.16. The zero-order chi connectivity index (χ0) is 13.5. The fraction of sp³-hybridized carbons (Fsp3) is 0.900. The number of carbonyl (C=O) groups is 1. The predicted octanol–water partition coefficient (Wildman–Crippen LogP) is -0.124. The zero-order valence-electron chi connectivity index (χ0n) is 10.5. The molecule has 2 unspecified atom stereocenters. The summed E-state index contributed by atoms with van der Waals surface area (Å²) in [5.74, 6) is -0.715. The molecule has 2 N–H and O–H groups in total. The summed E-state index contributed by atoms with van der Waals surface area (Å²) in [6.07, 6.45) is 1.29. The molecule has 0 aromatic heterocycles. The van der Waals surface area contributed by atoms with Crippen molar-refractivity contribution in [2.24, 2.45) is 5.92 Å². The molecule has 0 aromatic carbocycles. The Morgan fingerprint density at radius 1 is 1.47 bits per heavy atom. The smallest absolute Gasteiger partial charge is 0.325 e. The molecule has 0 radical (unpaired) electrons. The number of rotatable bonds is 8. The first-order valence-corrected chi connectivity index (χ1v) is 7.10. The van der Waals surface area contributed by atoms with Crippen LogP contribution in [-0.4, -0.2) is 45.0 Å². The molecular formula is C10H21NO5S. The van der Waals surface area contributed by atoms with Gasteiger partial charge in [-0.2, -0.15) is 0 Å². The highest BCUT2D eigenvalue weighted by Crippen LogP contribution is 2.08. The van der Waals surface area contributed by atoms with Crippen LogP contribution in [0.25, 0.3) is 0 Å². The van der Waals surface area contributed by atoms with Gasteiger partial charge in [0.2, 0.25) is 10.0 Å². The second kappa shape index (κ2) is 7.62. The van der Waals surface area contributed by atoms with E-state index in [4.69, 9.17) is 5.11 Å². The molecule has 7 heteroatoms. The minimum Gasteiger partial charge on any atom is -0.468 e. The number of aliphatic hydroxyl groups is 1. The van der Waals surface area contributed by atoms with E-state index in [0.29, 0.717) is 6.42 Å². The summed E-state index contributed by atoms with van der Waals surface area (Å²) in [7, 11) is -2.55. The van der Waals surface area contributed by atoms with Crippen molar-refractivity contribution in [3.63, 3.8) is 0 Å². The predicted molar refractivity (Wildman–Crippen MR) is 63.9 cm³/mol. The first-order chi connectivity index (χ1) is 7.88. The lowest BCUT2D eigenvalue weighted by Crippen LogP contribution is -2.40. The highest BCUT2D eigenvalue weighted by molar-refractivity contribution is 7.90. The van der Waals surface area contributed by atoms with Crippen molar-refractivity contribution in [3.8, 4) is 0 Å². The van der Waals surface area contributed by atoms with E-state index in [1.54, 1.807) is 0 Å². The molecule has 2 atom stereocenters. The maximum absolute atomic E-state index is 11.7. The van der Waals surface area contributed by atoms with E-state index in [2.05, 4.69) is 9.46 Å². The lowest BCUT2D eigenvalue weighted by atomic mass is 10.0. The topological polar surface area (TPSA) is 92.7 Å². The molecule has 0 saturated carbocycles. The Morgan fingerprint density at radius 3 is 2.47 bits per heavy atom. The number of aliphatic hydroxyl groups excluding tert-OH is 1. The molecular weight excluding hydrogens is 246 g/mol. The molecule has 102 valence electrons. The average Bonchev–Trinajstić information content (AvgIpc) is 2.32. The summed E-state index contributed by atoms with van der Waals surface area (Å²) >= 11 is 0. The second-order valence-electron chi connectivity index (χ2n) is 3.85. The third kappa shape index (κ3) is 5.47. The monoisotopic (exact) mass is 267 g/mol. The van der Waals surface area contributed by atoms with Crippen LogP contribution in [0.2, 0.25) is 0 Å². The number of nitrogens with one attached hydrogen (secondary N) is 1. The number of methoxy groups -OCH3 is 1. The molecule has 0 saturated heterocycles. The van der Waals surface area contributed by atoms with Gasteiger partial charge in [-0.3, -0.25) is 4.79 Å². The van der Waals surface area contributed by atoms with E-state index < -0.39 is 21.2 Å². The molecule has 0 aliphatic rings. The Hall–Kier alpha value is -0.660. The molecule has 0 heterocycles. The quantitative estimate of drug-likeness (QED) is 0.598. The molecule has 17 heavy (non-hydrogen) atoms. The minimum absolute atomic E-state index is 0.0206. The van der Waals surface area contributed by atoms with Crippen LogP contribution in [-0.2, 0) is 19.6 Å². The number of sulfonamides is 1. The van der Waals surface area contributed by atoms with E-state index in [0.717, 1.165) is 13.5 Å². The number of carbonyl (C=O) groups excluding carboxylic acids is 1. The Bertz CT molecular complexity index is 328. The van der Waals surface area contributed by atoms with Gasteiger partial charge in [0, 0.05) is 13.2 Å². The number of hydrogen-bond acceptors (Lipinski definition) is 5. The summed E-state index contributed by atoms with van der Waals surface area (Å²) in [5, 5.41) is 7.56. The Morgan fingerprint density at radius 2 is 2.06 bits per heavy atom. The van der Waals surface area contributed by atoms with Crippen LogP contribution in [0.15, 0.2) is 0 Å².